The van der Waals surface area contributed by atoms with Gasteiger partial charge in [0.2, 0.25) is 5.79 Å². The Bertz CT molecular complexity index is 844. The zero-order valence-corrected chi connectivity index (χ0v) is 14.1. The minimum Gasteiger partial charge on any atom is -0.342 e. The highest BCUT2D eigenvalue weighted by Gasteiger charge is 2.45. The van der Waals surface area contributed by atoms with Crippen LogP contribution in [-0.4, -0.2) is 43.5 Å². The molecule has 0 unspecified atom stereocenters. The van der Waals surface area contributed by atoms with Crippen molar-refractivity contribution < 1.29 is 30.9 Å². The van der Waals surface area contributed by atoms with Crippen LogP contribution in [0.15, 0.2) is 36.9 Å². The number of halogens is 2. The molecule has 2 aromatic rings. The third-order valence-corrected chi connectivity index (χ3v) is 4.18. The van der Waals surface area contributed by atoms with E-state index in [1.54, 1.807) is 10.8 Å². The van der Waals surface area contributed by atoms with Crippen LogP contribution in [0.4, 0.5) is 8.78 Å². The number of benzene rings is 1. The van der Waals surface area contributed by atoms with E-state index < -0.39 is 33.6 Å². The summed E-state index contributed by atoms with van der Waals surface area (Å²) in [6.45, 7) is -0.237. The first-order valence-electron chi connectivity index (χ1n) is 7.35. The first-order valence-corrected chi connectivity index (χ1v) is 9.16. The molecule has 0 bridgehead atoms. The largest absolute Gasteiger partial charge is 0.342 e. The lowest BCUT2D eigenvalue weighted by molar-refractivity contribution is -0.191. The summed E-state index contributed by atoms with van der Waals surface area (Å²) >= 11 is 0. The standard InChI is InChI=1S/C15H16F2N2O5S/c1-25(20,21)23-8-12-7-22-15(24-12,9-19-5-4-18-10-19)13-3-2-11(16)6-14(13)17/h2-6,10,12H,7-9H2,1H3/t12-,15-/m1/s1. The Labute approximate surface area is 143 Å². The van der Waals surface area contributed by atoms with Crippen LogP contribution in [0, 0.1) is 11.6 Å². The first kappa shape index (κ1) is 17.9. The summed E-state index contributed by atoms with van der Waals surface area (Å²) in [5.74, 6) is -3.11. The fraction of sp³-hybridized carbons (Fsp3) is 0.400. The molecule has 3 rings (SSSR count). The fourth-order valence-corrected chi connectivity index (χ4v) is 2.97. The molecule has 0 saturated carbocycles. The number of hydrogen-bond acceptors (Lipinski definition) is 6. The van der Waals surface area contributed by atoms with Crippen LogP contribution in [-0.2, 0) is 36.1 Å². The van der Waals surface area contributed by atoms with Crippen LogP contribution >= 0.6 is 0 Å². The van der Waals surface area contributed by atoms with Crippen molar-refractivity contribution in [2.45, 2.75) is 18.4 Å². The van der Waals surface area contributed by atoms with E-state index in [4.69, 9.17) is 13.7 Å². The lowest BCUT2D eigenvalue weighted by Crippen LogP contribution is -2.35. The highest BCUT2D eigenvalue weighted by molar-refractivity contribution is 7.85. The van der Waals surface area contributed by atoms with E-state index in [0.717, 1.165) is 18.4 Å². The van der Waals surface area contributed by atoms with Crippen LogP contribution in [0.5, 0.6) is 0 Å². The zero-order valence-electron chi connectivity index (χ0n) is 13.3. The number of aromatic nitrogens is 2. The van der Waals surface area contributed by atoms with Crippen LogP contribution in [0.25, 0.3) is 0 Å². The van der Waals surface area contributed by atoms with Crippen LogP contribution in [0.2, 0.25) is 0 Å². The molecule has 1 aliphatic rings. The van der Waals surface area contributed by atoms with Crippen molar-refractivity contribution >= 4 is 10.1 Å². The van der Waals surface area contributed by atoms with Gasteiger partial charge in [-0.1, -0.05) is 0 Å². The Morgan fingerprint density at radius 1 is 1.44 bits per heavy atom. The van der Waals surface area contributed by atoms with Gasteiger partial charge in [-0.15, -0.1) is 0 Å². The molecular formula is C15H16F2N2O5S. The smallest absolute Gasteiger partial charge is 0.264 e. The van der Waals surface area contributed by atoms with Crippen molar-refractivity contribution in [3.05, 3.63) is 54.1 Å². The SMILES string of the molecule is CS(=O)(=O)OC[C@H]1CO[C@@](Cn2ccnc2)(c2ccc(F)cc2F)O1. The molecule has 0 aliphatic carbocycles. The van der Waals surface area contributed by atoms with Gasteiger partial charge in [0.1, 0.15) is 17.7 Å². The molecule has 0 amide bonds. The van der Waals surface area contributed by atoms with Crippen molar-refractivity contribution in [2.24, 2.45) is 0 Å². The molecule has 2 heterocycles. The summed E-state index contributed by atoms with van der Waals surface area (Å²) in [5.41, 5.74) is 0.00413. The lowest BCUT2D eigenvalue weighted by atomic mass is 10.0. The van der Waals surface area contributed by atoms with Crippen LogP contribution in [0.1, 0.15) is 5.56 Å². The Morgan fingerprint density at radius 2 is 2.24 bits per heavy atom. The van der Waals surface area contributed by atoms with E-state index in [0.29, 0.717) is 0 Å². The van der Waals surface area contributed by atoms with Crippen LogP contribution in [0.3, 0.4) is 0 Å². The Kier molecular flexibility index (Phi) is 4.87. The predicted octanol–water partition coefficient (Wildman–Crippen LogP) is 1.41. The average Bonchev–Trinajstić information content (AvgIpc) is 3.15. The molecule has 1 aromatic heterocycles. The molecule has 25 heavy (non-hydrogen) atoms. The summed E-state index contributed by atoms with van der Waals surface area (Å²) in [6.07, 6.45) is 4.85. The van der Waals surface area contributed by atoms with Gasteiger partial charge in [0.05, 0.1) is 32.3 Å². The van der Waals surface area contributed by atoms with Gasteiger partial charge in [-0.2, -0.15) is 8.42 Å². The van der Waals surface area contributed by atoms with Crippen molar-refractivity contribution in [1.82, 2.24) is 9.55 Å². The van der Waals surface area contributed by atoms with Crippen molar-refractivity contribution in [3.8, 4) is 0 Å². The second-order valence-corrected chi connectivity index (χ2v) is 7.30. The van der Waals surface area contributed by atoms with Gasteiger partial charge in [-0.05, 0) is 12.1 Å². The number of imidazole rings is 1. The zero-order chi connectivity index (χ0) is 18.1. The summed E-state index contributed by atoms with van der Waals surface area (Å²) in [5, 5.41) is 0. The van der Waals surface area contributed by atoms with Gasteiger partial charge in [0.15, 0.2) is 0 Å². The second kappa shape index (κ2) is 6.79. The Hall–Kier alpha value is -1.88. The van der Waals surface area contributed by atoms with Gasteiger partial charge < -0.3 is 14.0 Å². The average molecular weight is 374 g/mol. The van der Waals surface area contributed by atoms with Crippen molar-refractivity contribution in [1.29, 1.82) is 0 Å². The normalized spacial score (nSPS) is 23.9. The maximum Gasteiger partial charge on any atom is 0.264 e. The third-order valence-electron chi connectivity index (χ3n) is 3.62. The van der Waals surface area contributed by atoms with E-state index in [1.165, 1.54) is 18.6 Å². The minimum atomic E-state index is -3.65. The lowest BCUT2D eigenvalue weighted by Gasteiger charge is -2.29. The summed E-state index contributed by atoms with van der Waals surface area (Å²) in [6, 6.07) is 3.07. The maximum atomic E-state index is 14.3. The molecule has 0 spiro atoms. The van der Waals surface area contributed by atoms with Gasteiger partial charge in [-0.25, -0.2) is 13.8 Å². The molecule has 1 aliphatic heterocycles. The second-order valence-electron chi connectivity index (χ2n) is 5.65. The quantitative estimate of drug-likeness (QED) is 0.712. The van der Waals surface area contributed by atoms with Crippen LogP contribution < -0.4 is 0 Å². The van der Waals surface area contributed by atoms with E-state index in [2.05, 4.69) is 4.98 Å². The van der Waals surface area contributed by atoms with Crippen molar-refractivity contribution in [3.63, 3.8) is 0 Å². The minimum absolute atomic E-state index is 0.00413. The topological polar surface area (TPSA) is 79.7 Å². The van der Waals surface area contributed by atoms with Gasteiger partial charge in [-0.3, -0.25) is 4.18 Å². The van der Waals surface area contributed by atoms with Gasteiger partial charge >= 0.3 is 0 Å². The van der Waals surface area contributed by atoms with Gasteiger partial charge in [0.25, 0.3) is 10.1 Å². The highest BCUT2D eigenvalue weighted by Crippen LogP contribution is 2.37. The van der Waals surface area contributed by atoms with Gasteiger partial charge in [0, 0.05) is 24.0 Å². The Morgan fingerprint density at radius 3 is 2.88 bits per heavy atom. The summed E-state index contributed by atoms with van der Waals surface area (Å²) < 4.78 is 67.7. The molecule has 0 radical (unpaired) electrons. The Balaban J connectivity index is 1.88. The van der Waals surface area contributed by atoms with E-state index in [9.17, 15) is 17.2 Å². The molecule has 10 heteroatoms. The molecule has 1 fully saturated rings. The van der Waals surface area contributed by atoms with E-state index >= 15 is 0 Å². The summed E-state index contributed by atoms with van der Waals surface area (Å²) in [4.78, 5) is 3.91. The molecule has 0 N–H and O–H groups in total. The third kappa shape index (κ3) is 4.21. The fourth-order valence-electron chi connectivity index (χ4n) is 2.57. The predicted molar refractivity (Wildman–Crippen MR) is 81.9 cm³/mol. The molecule has 2 atom stereocenters. The highest BCUT2D eigenvalue weighted by atomic mass is 32.2. The number of hydrogen-bond donors (Lipinski definition) is 0. The molecular weight excluding hydrogens is 358 g/mol. The number of ether oxygens (including phenoxy) is 2. The number of rotatable bonds is 6. The maximum absolute atomic E-state index is 14.3. The number of nitrogens with zero attached hydrogens (tertiary/aromatic N) is 2. The molecule has 136 valence electrons. The molecule has 1 aromatic carbocycles. The van der Waals surface area contributed by atoms with E-state index in [-0.39, 0.29) is 25.3 Å². The van der Waals surface area contributed by atoms with Crippen molar-refractivity contribution in [2.75, 3.05) is 19.5 Å². The first-order chi connectivity index (χ1) is 11.8. The monoisotopic (exact) mass is 374 g/mol. The van der Waals surface area contributed by atoms with E-state index in [1.807, 2.05) is 0 Å². The summed E-state index contributed by atoms with van der Waals surface area (Å²) in [7, 11) is -3.65. The molecule has 1 saturated heterocycles. The molecule has 7 nitrogen and oxygen atoms in total.